The van der Waals surface area contributed by atoms with Crippen molar-refractivity contribution in [3.05, 3.63) is 47.5 Å². The highest BCUT2D eigenvalue weighted by Gasteiger charge is 2.73. The quantitative estimate of drug-likeness (QED) is 0.338. The molecule has 0 saturated carbocycles. The molecule has 6 aliphatic heterocycles. The minimum Gasteiger partial charge on any atom is -0.454 e. The first-order valence-electron chi connectivity index (χ1n) is 22.3. The van der Waals surface area contributed by atoms with Crippen LogP contribution >= 0.6 is 47.0 Å². The van der Waals surface area contributed by atoms with Crippen molar-refractivity contribution in [3.63, 3.8) is 0 Å². The molecule has 8 atom stereocenters. The average Bonchev–Trinajstić information content (AvgIpc) is 4.11. The van der Waals surface area contributed by atoms with Crippen LogP contribution in [0, 0.1) is 33.5 Å². The van der Waals surface area contributed by atoms with Crippen molar-refractivity contribution in [3.8, 4) is 35.1 Å². The molecule has 1 N–H and O–H groups in total. The van der Waals surface area contributed by atoms with E-state index in [9.17, 15) is 54.0 Å². The molecular formula is C47H53N7O13S4. The van der Waals surface area contributed by atoms with E-state index in [1.54, 1.807) is 71.3 Å². The van der Waals surface area contributed by atoms with Crippen molar-refractivity contribution < 1.29 is 62.4 Å². The summed E-state index contributed by atoms with van der Waals surface area (Å²) in [4.78, 5) is 107. The number of carbonyl (C=O) groups is 8. The standard InChI is InChI=1S/C24H27N3O7S2.C23H26N4O6S2/c1-5-17(29)35-23(3)20(31)27-19(14-6-7-15-16(10-14)34-13-33-15)22(2,12-25)11-24(27,21(32)26(23)4)36-18(30)8-9-28;1-13(28)34-22(3)18(29)27-17(14-7-8-15-16(9-14)33-12-32-15)21(2,11-24)10-23(27,19(30)26(22)6)35-20(31)25(4)5/h6-7,10,19,28H,5,8-9,11,13H2,1-4H3;7-9,17H,10,12H2,1-6H3/t19?,22-,23+,24+;17?,21-,22+,23+/m11/s1. The van der Waals surface area contributed by atoms with Crippen molar-refractivity contribution in [1.29, 1.82) is 10.5 Å². The van der Waals surface area contributed by atoms with Gasteiger partial charge in [0.1, 0.15) is 0 Å². The Bertz CT molecular complexity index is 2730. The average molecular weight is 1050 g/mol. The first-order valence-corrected chi connectivity index (χ1v) is 25.5. The van der Waals surface area contributed by atoms with Gasteiger partial charge in [-0.3, -0.25) is 38.4 Å². The molecule has 5 amide bonds. The maximum atomic E-state index is 14.3. The summed E-state index contributed by atoms with van der Waals surface area (Å²) in [6, 6.07) is 13.0. The zero-order valence-electron chi connectivity index (χ0n) is 40.7. The summed E-state index contributed by atoms with van der Waals surface area (Å²) < 4.78 is 21.8. The van der Waals surface area contributed by atoms with E-state index in [4.69, 9.17) is 18.9 Å². The SMILES string of the molecule is CC(=O)S[C@@]1(C)C(=O)N2C(c3ccc4c(c3)OCO4)[C@@](C)(C#N)C[C@]2(SC(=O)N(C)C)C(=O)N1C.CCC(=O)S[C@@]1(C)C(=O)N2C(c3ccc4c(c3)OCO4)[C@@](C)(C#N)C[C@]2(SC(=O)CCO)C(=O)N1C. The number of aliphatic hydroxyl groups excluding tert-OH is 1. The van der Waals surface area contributed by atoms with Gasteiger partial charge in [0.25, 0.3) is 28.9 Å². The van der Waals surface area contributed by atoms with Crippen LogP contribution < -0.4 is 18.9 Å². The number of hydrogen-bond donors (Lipinski definition) is 1. The van der Waals surface area contributed by atoms with Crippen molar-refractivity contribution in [1.82, 2.24) is 24.5 Å². The smallest absolute Gasteiger partial charge is 0.283 e. The van der Waals surface area contributed by atoms with Gasteiger partial charge in [-0.05, 0) is 98.4 Å². The zero-order chi connectivity index (χ0) is 52.4. The van der Waals surface area contributed by atoms with Crippen molar-refractivity contribution >= 4 is 91.3 Å². The predicted molar refractivity (Wildman–Crippen MR) is 261 cm³/mol. The summed E-state index contributed by atoms with van der Waals surface area (Å²) >= 11 is 2.88. The molecule has 2 aromatic carbocycles. The van der Waals surface area contributed by atoms with Gasteiger partial charge in [0.05, 0.1) is 41.7 Å². The number of fused-ring (bicyclic) bond motifs is 4. The van der Waals surface area contributed by atoms with Crippen LogP contribution in [0.15, 0.2) is 36.4 Å². The maximum absolute atomic E-state index is 14.3. The number of likely N-dealkylation sites (N-methyl/N-ethyl adjacent to an activating group) is 2. The molecule has 24 heteroatoms. The fraction of sp³-hybridized carbons (Fsp3) is 0.532. The molecule has 20 nitrogen and oxygen atoms in total. The monoisotopic (exact) mass is 1050 g/mol. The van der Waals surface area contributed by atoms with E-state index < -0.39 is 83.0 Å². The summed E-state index contributed by atoms with van der Waals surface area (Å²) in [5.74, 6) is -0.190. The Kier molecular flexibility index (Phi) is 14.3. The van der Waals surface area contributed by atoms with E-state index in [2.05, 4.69) is 12.1 Å². The number of rotatable bonds is 9. The highest BCUT2D eigenvalue weighted by Crippen LogP contribution is 2.65. The third kappa shape index (κ3) is 8.52. The second-order valence-electron chi connectivity index (χ2n) is 18.7. The van der Waals surface area contributed by atoms with Gasteiger partial charge in [0.2, 0.25) is 13.6 Å². The van der Waals surface area contributed by atoms with Crippen LogP contribution in [-0.2, 0) is 33.6 Å². The van der Waals surface area contributed by atoms with Crippen molar-refractivity contribution in [2.24, 2.45) is 10.8 Å². The Morgan fingerprint density at radius 1 is 0.676 bits per heavy atom. The molecule has 2 aromatic rings. The molecule has 6 heterocycles. The van der Waals surface area contributed by atoms with Gasteiger partial charge < -0.3 is 48.6 Å². The number of nitriles is 2. The Morgan fingerprint density at radius 3 is 1.49 bits per heavy atom. The van der Waals surface area contributed by atoms with E-state index >= 15 is 0 Å². The fourth-order valence-electron chi connectivity index (χ4n) is 9.94. The molecule has 0 bridgehead atoms. The maximum Gasteiger partial charge on any atom is 0.283 e. The lowest BCUT2D eigenvalue weighted by Crippen LogP contribution is -2.71. The summed E-state index contributed by atoms with van der Waals surface area (Å²) in [5.41, 5.74) is -1.39. The number of nitrogens with zero attached hydrogens (tertiary/aromatic N) is 7. The fourth-order valence-corrected chi connectivity index (χ4v) is 14.7. The Balaban J connectivity index is 0.000000209. The lowest BCUT2D eigenvalue weighted by atomic mass is 9.79. The van der Waals surface area contributed by atoms with Crippen LogP contribution in [0.25, 0.3) is 0 Å². The molecule has 0 aliphatic carbocycles. The predicted octanol–water partition coefficient (Wildman–Crippen LogP) is 5.21. The number of amides is 5. The molecule has 6 aliphatic rings. The number of ether oxygens (including phenoxy) is 4. The third-order valence-corrected chi connectivity index (χ3v) is 18.8. The lowest BCUT2D eigenvalue weighted by Gasteiger charge is -2.52. The van der Waals surface area contributed by atoms with Crippen LogP contribution in [0.5, 0.6) is 23.0 Å². The minimum atomic E-state index is -1.72. The lowest BCUT2D eigenvalue weighted by molar-refractivity contribution is -0.163. The second kappa shape index (κ2) is 19.1. The number of piperazine rings is 2. The molecule has 2 unspecified atom stereocenters. The van der Waals surface area contributed by atoms with Gasteiger partial charge in [-0.15, -0.1) is 0 Å². The zero-order valence-corrected chi connectivity index (χ0v) is 43.9. The molecule has 4 fully saturated rings. The van der Waals surface area contributed by atoms with Crippen molar-refractivity contribution in [2.45, 2.75) is 98.8 Å². The first-order chi connectivity index (χ1) is 33.3. The summed E-state index contributed by atoms with van der Waals surface area (Å²) in [6.45, 7) is 9.02. The molecule has 0 aromatic heterocycles. The third-order valence-electron chi connectivity index (χ3n) is 13.6. The number of aliphatic hydroxyl groups is 1. The summed E-state index contributed by atoms with van der Waals surface area (Å²) in [6.07, 6.45) is -0.250. The number of hydrogen-bond acceptors (Lipinski definition) is 19. The molecule has 71 heavy (non-hydrogen) atoms. The van der Waals surface area contributed by atoms with Gasteiger partial charge in [-0.2, -0.15) is 10.5 Å². The minimum absolute atomic E-state index is 0.0359. The van der Waals surface area contributed by atoms with Gasteiger partial charge in [-0.25, -0.2) is 0 Å². The van der Waals surface area contributed by atoms with Crippen LogP contribution in [-0.4, -0.2) is 142 Å². The molecule has 8 rings (SSSR count). The molecular weight excluding hydrogens is 999 g/mol. The molecule has 378 valence electrons. The van der Waals surface area contributed by atoms with Crippen LogP contribution in [0.4, 0.5) is 4.79 Å². The van der Waals surface area contributed by atoms with E-state index in [1.807, 2.05) is 0 Å². The highest BCUT2D eigenvalue weighted by molar-refractivity contribution is 8.16. The van der Waals surface area contributed by atoms with E-state index in [-0.39, 0.29) is 49.5 Å². The van der Waals surface area contributed by atoms with Gasteiger partial charge in [-0.1, -0.05) is 30.8 Å². The second-order valence-corrected chi connectivity index (χ2v) is 24.3. The largest absolute Gasteiger partial charge is 0.454 e. The number of thioether (sulfide) groups is 4. The Morgan fingerprint density at radius 2 is 1.10 bits per heavy atom. The Labute approximate surface area is 427 Å². The molecule has 0 radical (unpaired) electrons. The van der Waals surface area contributed by atoms with Gasteiger partial charge in [0.15, 0.2) is 57.8 Å². The van der Waals surface area contributed by atoms with Gasteiger partial charge in [0, 0.05) is 60.8 Å². The molecule has 4 saturated heterocycles. The number of carbonyl (C=O) groups excluding carboxylic acids is 8. The summed E-state index contributed by atoms with van der Waals surface area (Å²) in [5, 5.41) is 28.5. The Hall–Kier alpha value is -5.66. The van der Waals surface area contributed by atoms with E-state index in [0.717, 1.165) is 35.3 Å². The van der Waals surface area contributed by atoms with Crippen LogP contribution in [0.3, 0.4) is 0 Å². The van der Waals surface area contributed by atoms with Crippen LogP contribution in [0.2, 0.25) is 0 Å². The normalized spacial score (nSPS) is 31.1. The van der Waals surface area contributed by atoms with Gasteiger partial charge >= 0.3 is 0 Å². The van der Waals surface area contributed by atoms with E-state index in [0.29, 0.717) is 45.9 Å². The summed E-state index contributed by atoms with van der Waals surface area (Å²) in [7, 11) is 5.99. The molecule has 0 spiro atoms. The topological polar surface area (TPSA) is 257 Å². The van der Waals surface area contributed by atoms with E-state index in [1.165, 1.54) is 59.4 Å². The first kappa shape index (κ1) is 53.1. The number of benzene rings is 2. The van der Waals surface area contributed by atoms with Crippen molar-refractivity contribution in [2.75, 3.05) is 48.4 Å². The van der Waals surface area contributed by atoms with Crippen LogP contribution in [0.1, 0.15) is 90.4 Å². The highest BCUT2D eigenvalue weighted by atomic mass is 32.2.